The van der Waals surface area contributed by atoms with Gasteiger partial charge in [0.05, 0.1) is 17.8 Å². The van der Waals surface area contributed by atoms with E-state index in [1.807, 2.05) is 25.3 Å². The highest BCUT2D eigenvalue weighted by molar-refractivity contribution is 7.09. The summed E-state index contributed by atoms with van der Waals surface area (Å²) in [4.78, 5) is 32.0. The van der Waals surface area contributed by atoms with Crippen LogP contribution in [0.1, 0.15) is 18.9 Å². The van der Waals surface area contributed by atoms with Gasteiger partial charge in [-0.2, -0.15) is 0 Å². The SMILES string of the molecule is CCN(CC)C(=O)NCc1nc(-c2ccc3[nH]c(=O)oc3c2)cs1. The maximum Gasteiger partial charge on any atom is 0.417 e. The van der Waals surface area contributed by atoms with E-state index >= 15 is 0 Å². The van der Waals surface area contributed by atoms with Crippen molar-refractivity contribution in [1.29, 1.82) is 0 Å². The van der Waals surface area contributed by atoms with Gasteiger partial charge in [0.15, 0.2) is 5.58 Å². The zero-order chi connectivity index (χ0) is 17.1. The molecule has 0 aliphatic heterocycles. The summed E-state index contributed by atoms with van der Waals surface area (Å²) >= 11 is 1.48. The molecule has 0 bridgehead atoms. The second kappa shape index (κ2) is 6.88. The third-order valence-electron chi connectivity index (χ3n) is 3.71. The fourth-order valence-corrected chi connectivity index (χ4v) is 3.15. The Balaban J connectivity index is 1.72. The number of H-pyrrole nitrogens is 1. The van der Waals surface area contributed by atoms with Gasteiger partial charge in [-0.05, 0) is 26.0 Å². The standard InChI is InChI=1S/C16H18N4O3S/c1-3-20(4-2)15(21)17-8-14-18-12(9-24-14)10-5-6-11-13(7-10)23-16(22)19-11/h5-7,9H,3-4,8H2,1-2H3,(H,17,21)(H,19,22). The first-order chi connectivity index (χ1) is 11.6. The van der Waals surface area contributed by atoms with Crippen molar-refractivity contribution in [3.8, 4) is 11.3 Å². The van der Waals surface area contributed by atoms with E-state index < -0.39 is 5.76 Å². The van der Waals surface area contributed by atoms with Gasteiger partial charge in [-0.15, -0.1) is 11.3 Å². The van der Waals surface area contributed by atoms with Crippen LogP contribution < -0.4 is 11.1 Å². The smallest absolute Gasteiger partial charge is 0.408 e. The molecular formula is C16H18N4O3S. The number of fused-ring (bicyclic) bond motifs is 1. The van der Waals surface area contributed by atoms with E-state index in [4.69, 9.17) is 4.42 Å². The number of urea groups is 1. The van der Waals surface area contributed by atoms with Crippen molar-refractivity contribution in [2.24, 2.45) is 0 Å². The minimum atomic E-state index is -0.472. The topological polar surface area (TPSA) is 91.2 Å². The maximum atomic E-state index is 12.0. The molecule has 126 valence electrons. The summed E-state index contributed by atoms with van der Waals surface area (Å²) in [7, 11) is 0. The normalized spacial score (nSPS) is 10.9. The second-order valence-corrected chi connectivity index (χ2v) is 6.13. The molecule has 24 heavy (non-hydrogen) atoms. The fraction of sp³-hybridized carbons (Fsp3) is 0.312. The lowest BCUT2D eigenvalue weighted by Crippen LogP contribution is -2.39. The van der Waals surface area contributed by atoms with E-state index in [-0.39, 0.29) is 6.03 Å². The number of carbonyl (C=O) groups is 1. The molecule has 3 rings (SSSR count). The molecule has 0 unspecified atom stereocenters. The number of aromatic nitrogens is 2. The van der Waals surface area contributed by atoms with E-state index in [1.165, 1.54) is 11.3 Å². The molecule has 2 heterocycles. The number of nitrogens with zero attached hydrogens (tertiary/aromatic N) is 2. The van der Waals surface area contributed by atoms with Crippen molar-refractivity contribution in [3.63, 3.8) is 0 Å². The van der Waals surface area contributed by atoms with E-state index in [0.29, 0.717) is 30.7 Å². The lowest BCUT2D eigenvalue weighted by atomic mass is 10.1. The molecule has 0 radical (unpaired) electrons. The predicted octanol–water partition coefficient (Wildman–Crippen LogP) is 2.80. The first-order valence-electron chi connectivity index (χ1n) is 7.71. The van der Waals surface area contributed by atoms with Gasteiger partial charge in [-0.25, -0.2) is 14.6 Å². The summed E-state index contributed by atoms with van der Waals surface area (Å²) in [5.74, 6) is -0.472. The van der Waals surface area contributed by atoms with Gasteiger partial charge in [0, 0.05) is 24.0 Å². The summed E-state index contributed by atoms with van der Waals surface area (Å²) in [5.41, 5.74) is 2.81. The Kier molecular flexibility index (Phi) is 4.66. The number of carbonyl (C=O) groups excluding carboxylic acids is 1. The molecule has 0 saturated heterocycles. The van der Waals surface area contributed by atoms with Crippen LogP contribution >= 0.6 is 11.3 Å². The molecule has 0 aliphatic rings. The molecule has 0 spiro atoms. The number of hydrogen-bond acceptors (Lipinski definition) is 5. The zero-order valence-corrected chi connectivity index (χ0v) is 14.3. The number of oxazole rings is 1. The van der Waals surface area contributed by atoms with Crippen LogP contribution in [0, 0.1) is 0 Å². The molecule has 7 nitrogen and oxygen atoms in total. The minimum Gasteiger partial charge on any atom is -0.408 e. The Morgan fingerprint density at radius 1 is 1.38 bits per heavy atom. The molecule has 1 aromatic carbocycles. The number of rotatable bonds is 5. The minimum absolute atomic E-state index is 0.0905. The first kappa shape index (κ1) is 16.3. The van der Waals surface area contributed by atoms with E-state index in [0.717, 1.165) is 16.3 Å². The quantitative estimate of drug-likeness (QED) is 0.743. The number of amides is 2. The number of hydrogen-bond donors (Lipinski definition) is 2. The molecule has 2 N–H and O–H groups in total. The molecule has 2 amide bonds. The average Bonchev–Trinajstić information content (AvgIpc) is 3.18. The third kappa shape index (κ3) is 3.33. The fourth-order valence-electron chi connectivity index (χ4n) is 2.40. The number of thiazole rings is 1. The number of aromatic amines is 1. The summed E-state index contributed by atoms with van der Waals surface area (Å²) < 4.78 is 5.07. The van der Waals surface area contributed by atoms with Crippen LogP contribution in [-0.4, -0.2) is 34.0 Å². The highest BCUT2D eigenvalue weighted by Gasteiger charge is 2.11. The van der Waals surface area contributed by atoms with Gasteiger partial charge in [-0.1, -0.05) is 6.07 Å². The lowest BCUT2D eigenvalue weighted by Gasteiger charge is -2.18. The summed E-state index contributed by atoms with van der Waals surface area (Å²) in [6.07, 6.45) is 0. The molecular weight excluding hydrogens is 328 g/mol. The molecule has 0 atom stereocenters. The summed E-state index contributed by atoms with van der Waals surface area (Å²) in [5, 5.41) is 5.61. The van der Waals surface area contributed by atoms with Gasteiger partial charge in [0.1, 0.15) is 5.01 Å². The lowest BCUT2D eigenvalue weighted by molar-refractivity contribution is 0.203. The predicted molar refractivity (Wildman–Crippen MR) is 93.1 cm³/mol. The highest BCUT2D eigenvalue weighted by atomic mass is 32.1. The largest absolute Gasteiger partial charge is 0.417 e. The third-order valence-corrected chi connectivity index (χ3v) is 4.56. The highest BCUT2D eigenvalue weighted by Crippen LogP contribution is 2.24. The van der Waals surface area contributed by atoms with Crippen LogP contribution in [0.2, 0.25) is 0 Å². The van der Waals surface area contributed by atoms with Crippen molar-refractivity contribution in [2.75, 3.05) is 13.1 Å². The molecule has 8 heteroatoms. The van der Waals surface area contributed by atoms with E-state index in [1.54, 1.807) is 17.0 Å². The average molecular weight is 346 g/mol. The van der Waals surface area contributed by atoms with Gasteiger partial charge in [0.2, 0.25) is 0 Å². The van der Waals surface area contributed by atoms with E-state index in [2.05, 4.69) is 15.3 Å². The van der Waals surface area contributed by atoms with Crippen molar-refractivity contribution < 1.29 is 9.21 Å². The van der Waals surface area contributed by atoms with Crippen molar-refractivity contribution in [2.45, 2.75) is 20.4 Å². The first-order valence-corrected chi connectivity index (χ1v) is 8.59. The van der Waals surface area contributed by atoms with Crippen molar-refractivity contribution in [3.05, 3.63) is 39.1 Å². The molecule has 3 aromatic rings. The van der Waals surface area contributed by atoms with Gasteiger partial charge in [0.25, 0.3) is 0 Å². The van der Waals surface area contributed by atoms with Crippen LogP contribution in [0.3, 0.4) is 0 Å². The van der Waals surface area contributed by atoms with Crippen molar-refractivity contribution in [1.82, 2.24) is 20.2 Å². The van der Waals surface area contributed by atoms with E-state index in [9.17, 15) is 9.59 Å². The van der Waals surface area contributed by atoms with Gasteiger partial charge >= 0.3 is 11.8 Å². The van der Waals surface area contributed by atoms with Crippen LogP contribution in [0.4, 0.5) is 4.79 Å². The molecule has 2 aromatic heterocycles. The Hall–Kier alpha value is -2.61. The monoisotopic (exact) mass is 346 g/mol. The van der Waals surface area contributed by atoms with Crippen LogP contribution in [-0.2, 0) is 6.54 Å². The second-order valence-electron chi connectivity index (χ2n) is 5.18. The Bertz CT molecular complexity index is 907. The van der Waals surface area contributed by atoms with Gasteiger partial charge in [-0.3, -0.25) is 4.98 Å². The van der Waals surface area contributed by atoms with Crippen LogP contribution in [0.5, 0.6) is 0 Å². The van der Waals surface area contributed by atoms with Crippen LogP contribution in [0.25, 0.3) is 22.4 Å². The summed E-state index contributed by atoms with van der Waals surface area (Å²) in [6.45, 7) is 5.63. The Labute approximate surface area is 142 Å². The van der Waals surface area contributed by atoms with Crippen molar-refractivity contribution >= 4 is 28.5 Å². The maximum absolute atomic E-state index is 12.0. The van der Waals surface area contributed by atoms with Gasteiger partial charge < -0.3 is 14.6 Å². The molecule has 0 aliphatic carbocycles. The molecule has 0 saturated carbocycles. The number of benzene rings is 1. The Morgan fingerprint density at radius 3 is 2.92 bits per heavy atom. The Morgan fingerprint density at radius 2 is 2.17 bits per heavy atom. The zero-order valence-electron chi connectivity index (χ0n) is 13.5. The van der Waals surface area contributed by atoms with Crippen LogP contribution in [0.15, 0.2) is 32.8 Å². The molecule has 0 fully saturated rings. The summed E-state index contributed by atoms with van der Waals surface area (Å²) in [6, 6.07) is 5.35. The number of nitrogens with one attached hydrogen (secondary N) is 2.